The molecule has 76 valence electrons. The van der Waals surface area contributed by atoms with Crippen molar-refractivity contribution in [2.75, 3.05) is 0 Å². The molecule has 1 heterocycles. The first-order valence-electron chi connectivity index (χ1n) is 4.74. The minimum atomic E-state index is -0.310. The molecular formula is C11H15NO2. The van der Waals surface area contributed by atoms with E-state index in [0.717, 1.165) is 11.1 Å². The Morgan fingerprint density at radius 1 is 1.29 bits per heavy atom. The van der Waals surface area contributed by atoms with Gasteiger partial charge in [-0.2, -0.15) is 0 Å². The van der Waals surface area contributed by atoms with E-state index in [1.807, 2.05) is 39.0 Å². The van der Waals surface area contributed by atoms with Crippen LogP contribution in [0.15, 0.2) is 27.4 Å². The summed E-state index contributed by atoms with van der Waals surface area (Å²) in [6.07, 6.45) is 0. The Hall–Kier alpha value is -1.51. The maximum absolute atomic E-state index is 11.0. The van der Waals surface area contributed by atoms with Gasteiger partial charge in [-0.3, -0.25) is 4.57 Å². The van der Waals surface area contributed by atoms with Gasteiger partial charge in [0.05, 0.1) is 5.52 Å². The molecule has 0 spiro atoms. The number of aryl methyl sites for hydroxylation is 2. The number of fused-ring (bicyclic) bond motifs is 1. The van der Waals surface area contributed by atoms with E-state index in [1.54, 1.807) is 7.05 Å². The number of hydrogen-bond donors (Lipinski definition) is 0. The molecule has 14 heavy (non-hydrogen) atoms. The molecule has 0 radical (unpaired) electrons. The summed E-state index contributed by atoms with van der Waals surface area (Å²) in [6, 6.07) is 5.66. The molecule has 0 aliphatic rings. The second-order valence-electron chi connectivity index (χ2n) is 2.90. The van der Waals surface area contributed by atoms with E-state index < -0.39 is 0 Å². The van der Waals surface area contributed by atoms with Crippen molar-refractivity contribution < 1.29 is 4.42 Å². The molecule has 0 N–H and O–H groups in total. The third-order valence-electron chi connectivity index (χ3n) is 1.95. The summed E-state index contributed by atoms with van der Waals surface area (Å²) in [5.41, 5.74) is 2.62. The largest absolute Gasteiger partial charge is 0.419 e. The van der Waals surface area contributed by atoms with Gasteiger partial charge in [0.2, 0.25) is 0 Å². The zero-order valence-electron chi connectivity index (χ0n) is 9.00. The number of nitrogens with zero attached hydrogens (tertiary/aromatic N) is 1. The maximum Gasteiger partial charge on any atom is 0.419 e. The average Bonchev–Trinajstić information content (AvgIpc) is 2.48. The van der Waals surface area contributed by atoms with Gasteiger partial charge in [-0.1, -0.05) is 19.9 Å². The molecule has 1 aromatic carbocycles. The molecule has 0 amide bonds. The molecule has 0 aliphatic heterocycles. The van der Waals surface area contributed by atoms with Gasteiger partial charge in [0.25, 0.3) is 0 Å². The van der Waals surface area contributed by atoms with Crippen molar-refractivity contribution >= 4 is 11.1 Å². The number of aromatic nitrogens is 1. The predicted molar refractivity (Wildman–Crippen MR) is 57.5 cm³/mol. The molecule has 2 aromatic rings. The maximum atomic E-state index is 11.0. The van der Waals surface area contributed by atoms with Crippen LogP contribution in [-0.2, 0) is 7.05 Å². The van der Waals surface area contributed by atoms with Crippen LogP contribution in [0.3, 0.4) is 0 Å². The first-order chi connectivity index (χ1) is 6.68. The van der Waals surface area contributed by atoms with Crippen molar-refractivity contribution in [1.29, 1.82) is 0 Å². The fraction of sp³-hybridized carbons (Fsp3) is 0.364. The first-order valence-corrected chi connectivity index (χ1v) is 4.74. The molecule has 0 aliphatic carbocycles. The third-order valence-corrected chi connectivity index (χ3v) is 1.95. The van der Waals surface area contributed by atoms with Crippen LogP contribution < -0.4 is 5.76 Å². The standard InChI is InChI=1S/C9H9NO2.C2H6/c1-6-3-4-8-7(5-6)10(2)9(11)12-8;1-2/h3-5H,1-2H3;1-2H3. The average molecular weight is 193 g/mol. The van der Waals surface area contributed by atoms with Gasteiger partial charge < -0.3 is 4.42 Å². The molecule has 0 saturated heterocycles. The van der Waals surface area contributed by atoms with Crippen LogP contribution in [0.4, 0.5) is 0 Å². The molecule has 0 saturated carbocycles. The molecular weight excluding hydrogens is 178 g/mol. The molecule has 0 unspecified atom stereocenters. The fourth-order valence-electron chi connectivity index (χ4n) is 1.24. The molecule has 0 atom stereocenters. The van der Waals surface area contributed by atoms with Crippen molar-refractivity contribution in [3.8, 4) is 0 Å². The normalized spacial score (nSPS) is 9.71. The van der Waals surface area contributed by atoms with Crippen molar-refractivity contribution in [2.24, 2.45) is 7.05 Å². The summed E-state index contributed by atoms with van der Waals surface area (Å²) in [5, 5.41) is 0. The minimum absolute atomic E-state index is 0.310. The van der Waals surface area contributed by atoms with Gasteiger partial charge in [0, 0.05) is 7.05 Å². The molecule has 0 fully saturated rings. The summed E-state index contributed by atoms with van der Waals surface area (Å²) in [6.45, 7) is 5.98. The third kappa shape index (κ3) is 1.71. The molecule has 3 nitrogen and oxygen atoms in total. The van der Waals surface area contributed by atoms with Gasteiger partial charge in [-0.25, -0.2) is 4.79 Å². The summed E-state index contributed by atoms with van der Waals surface area (Å²) < 4.78 is 6.46. The van der Waals surface area contributed by atoms with Crippen LogP contribution >= 0.6 is 0 Å². The van der Waals surface area contributed by atoms with Crippen LogP contribution in [0.25, 0.3) is 11.1 Å². The Labute approximate surface area is 83.0 Å². The van der Waals surface area contributed by atoms with Crippen LogP contribution in [0.1, 0.15) is 19.4 Å². The first kappa shape index (κ1) is 10.6. The fourth-order valence-corrected chi connectivity index (χ4v) is 1.24. The molecule has 1 aromatic heterocycles. The lowest BCUT2D eigenvalue weighted by Gasteiger charge is -1.92. The van der Waals surface area contributed by atoms with Crippen molar-refractivity contribution in [3.05, 3.63) is 34.3 Å². The van der Waals surface area contributed by atoms with E-state index in [0.29, 0.717) is 5.58 Å². The zero-order valence-corrected chi connectivity index (χ0v) is 9.00. The second kappa shape index (κ2) is 4.13. The monoisotopic (exact) mass is 193 g/mol. The van der Waals surface area contributed by atoms with Gasteiger partial charge >= 0.3 is 5.76 Å². The summed E-state index contributed by atoms with van der Waals surface area (Å²) in [5.74, 6) is -0.310. The lowest BCUT2D eigenvalue weighted by molar-refractivity contribution is 0.528. The summed E-state index contributed by atoms with van der Waals surface area (Å²) in [7, 11) is 1.70. The van der Waals surface area contributed by atoms with Crippen LogP contribution in [0.2, 0.25) is 0 Å². The van der Waals surface area contributed by atoms with E-state index in [1.165, 1.54) is 4.57 Å². The quantitative estimate of drug-likeness (QED) is 0.644. The number of rotatable bonds is 0. The topological polar surface area (TPSA) is 35.1 Å². The van der Waals surface area contributed by atoms with E-state index in [-0.39, 0.29) is 5.76 Å². The SMILES string of the molecule is CC.Cc1ccc2oc(=O)n(C)c2c1. The van der Waals surface area contributed by atoms with Crippen LogP contribution in [-0.4, -0.2) is 4.57 Å². The molecule has 2 rings (SSSR count). The highest BCUT2D eigenvalue weighted by molar-refractivity contribution is 5.73. The van der Waals surface area contributed by atoms with Gasteiger partial charge in [-0.15, -0.1) is 0 Å². The minimum Gasteiger partial charge on any atom is -0.408 e. The van der Waals surface area contributed by atoms with Gasteiger partial charge in [0.15, 0.2) is 5.58 Å². The highest BCUT2D eigenvalue weighted by atomic mass is 16.4. The molecule has 3 heteroatoms. The lowest BCUT2D eigenvalue weighted by Crippen LogP contribution is -2.08. The van der Waals surface area contributed by atoms with Crippen molar-refractivity contribution in [1.82, 2.24) is 4.57 Å². The van der Waals surface area contributed by atoms with E-state index >= 15 is 0 Å². The summed E-state index contributed by atoms with van der Waals surface area (Å²) >= 11 is 0. The van der Waals surface area contributed by atoms with Crippen LogP contribution in [0.5, 0.6) is 0 Å². The number of hydrogen-bond acceptors (Lipinski definition) is 2. The second-order valence-corrected chi connectivity index (χ2v) is 2.90. The van der Waals surface area contributed by atoms with Gasteiger partial charge in [-0.05, 0) is 24.6 Å². The van der Waals surface area contributed by atoms with Crippen LogP contribution in [0, 0.1) is 6.92 Å². The van der Waals surface area contributed by atoms with E-state index in [9.17, 15) is 4.79 Å². The van der Waals surface area contributed by atoms with E-state index in [4.69, 9.17) is 4.42 Å². The number of oxazole rings is 1. The Balaban J connectivity index is 0.000000461. The van der Waals surface area contributed by atoms with E-state index in [2.05, 4.69) is 0 Å². The Kier molecular flexibility index (Phi) is 3.12. The Morgan fingerprint density at radius 2 is 1.93 bits per heavy atom. The van der Waals surface area contributed by atoms with Crippen molar-refractivity contribution in [2.45, 2.75) is 20.8 Å². The lowest BCUT2D eigenvalue weighted by atomic mass is 10.2. The zero-order chi connectivity index (χ0) is 10.7. The predicted octanol–water partition coefficient (Wildman–Crippen LogP) is 2.47. The Bertz CT molecular complexity index is 479. The Morgan fingerprint density at radius 3 is 2.57 bits per heavy atom. The number of benzene rings is 1. The van der Waals surface area contributed by atoms with Crippen molar-refractivity contribution in [3.63, 3.8) is 0 Å². The smallest absolute Gasteiger partial charge is 0.408 e. The highest BCUT2D eigenvalue weighted by Crippen LogP contribution is 2.12. The highest BCUT2D eigenvalue weighted by Gasteiger charge is 2.03. The molecule has 0 bridgehead atoms. The summed E-state index contributed by atoms with van der Waals surface area (Å²) in [4.78, 5) is 11.0. The van der Waals surface area contributed by atoms with Gasteiger partial charge in [0.1, 0.15) is 0 Å².